The van der Waals surface area contributed by atoms with E-state index in [2.05, 4.69) is 0 Å². The van der Waals surface area contributed by atoms with E-state index in [0.29, 0.717) is 5.69 Å². The van der Waals surface area contributed by atoms with E-state index in [0.717, 1.165) is 12.1 Å². The van der Waals surface area contributed by atoms with Gasteiger partial charge in [-0.15, -0.1) is 0 Å². The number of alkyl halides is 3. The molecule has 2 aromatic carbocycles. The maximum Gasteiger partial charge on any atom is 0.417 e. The van der Waals surface area contributed by atoms with Crippen molar-refractivity contribution in [2.45, 2.75) is 13.1 Å². The van der Waals surface area contributed by atoms with Gasteiger partial charge in [0.25, 0.3) is 11.6 Å². The zero-order valence-corrected chi connectivity index (χ0v) is 16.0. The van der Waals surface area contributed by atoms with Gasteiger partial charge in [-0.2, -0.15) is 13.2 Å². The maximum atomic E-state index is 13.2. The van der Waals surface area contributed by atoms with Crippen molar-refractivity contribution in [3.8, 4) is 0 Å². The molecule has 0 bridgehead atoms. The number of amides is 1. The lowest BCUT2D eigenvalue weighted by Crippen LogP contribution is -2.49. The molecule has 1 fully saturated rings. The summed E-state index contributed by atoms with van der Waals surface area (Å²) in [6.45, 7) is 1.94. The summed E-state index contributed by atoms with van der Waals surface area (Å²) in [4.78, 5) is 38.0. The molecule has 7 nitrogen and oxygen atoms in total. The minimum Gasteiger partial charge on any atom is -0.362 e. The number of rotatable bonds is 4. The summed E-state index contributed by atoms with van der Waals surface area (Å²) in [6, 6.07) is 8.77. The Bertz CT molecular complexity index is 999. The van der Waals surface area contributed by atoms with Crippen molar-refractivity contribution >= 4 is 23.1 Å². The van der Waals surface area contributed by atoms with E-state index in [4.69, 9.17) is 0 Å². The van der Waals surface area contributed by atoms with Crippen LogP contribution in [0.1, 0.15) is 33.2 Å². The first kappa shape index (κ1) is 21.3. The predicted octanol–water partition coefficient (Wildman–Crippen LogP) is 3.78. The van der Waals surface area contributed by atoms with Gasteiger partial charge in [-0.05, 0) is 31.2 Å². The van der Waals surface area contributed by atoms with Crippen molar-refractivity contribution in [2.24, 2.45) is 0 Å². The topological polar surface area (TPSA) is 83.8 Å². The standard InChI is InChI=1S/C20H18F3N3O4/c1-13(27)14-6-7-17(18(12-14)26(29)30)24-8-10-25(11-9-24)19(28)15-4-2-3-5-16(15)20(21,22)23/h2-7,12H,8-11H2,1H3. The SMILES string of the molecule is CC(=O)c1ccc(N2CCN(C(=O)c3ccccc3C(F)(F)F)CC2)c([N+](=O)[O-])c1. The minimum absolute atomic E-state index is 0.108. The number of nitrogens with zero attached hydrogens (tertiary/aromatic N) is 3. The Morgan fingerprint density at radius 3 is 2.23 bits per heavy atom. The number of Topliss-reactive ketones (excluding diaryl/α,β-unsaturated/α-hetero) is 1. The Labute approximate surface area is 169 Å². The molecule has 0 spiro atoms. The summed E-state index contributed by atoms with van der Waals surface area (Å²) in [5, 5.41) is 11.4. The lowest BCUT2D eigenvalue weighted by atomic mass is 10.1. The van der Waals surface area contributed by atoms with E-state index in [1.165, 1.54) is 42.2 Å². The second-order valence-electron chi connectivity index (χ2n) is 6.84. The molecule has 158 valence electrons. The Morgan fingerprint density at radius 1 is 1.03 bits per heavy atom. The number of carbonyl (C=O) groups is 2. The van der Waals surface area contributed by atoms with Crippen LogP contribution in [0.4, 0.5) is 24.5 Å². The summed E-state index contributed by atoms with van der Waals surface area (Å²) in [7, 11) is 0. The van der Waals surface area contributed by atoms with Gasteiger partial charge < -0.3 is 9.80 Å². The monoisotopic (exact) mass is 421 g/mol. The molecule has 10 heteroatoms. The molecule has 1 aliphatic rings. The Hall–Kier alpha value is -3.43. The molecule has 1 amide bonds. The van der Waals surface area contributed by atoms with Crippen LogP contribution >= 0.6 is 0 Å². The molecular weight excluding hydrogens is 403 g/mol. The highest BCUT2D eigenvalue weighted by molar-refractivity contribution is 5.96. The first-order valence-electron chi connectivity index (χ1n) is 9.09. The van der Waals surface area contributed by atoms with Gasteiger partial charge in [-0.1, -0.05) is 12.1 Å². The number of carbonyl (C=O) groups excluding carboxylic acids is 2. The second kappa shape index (κ2) is 8.13. The van der Waals surface area contributed by atoms with Gasteiger partial charge in [0, 0.05) is 37.8 Å². The third-order valence-corrected chi connectivity index (χ3v) is 4.95. The molecular formula is C20H18F3N3O4. The van der Waals surface area contributed by atoms with Crippen LogP contribution < -0.4 is 4.90 Å². The molecule has 0 aliphatic carbocycles. The first-order valence-corrected chi connectivity index (χ1v) is 9.09. The third-order valence-electron chi connectivity index (χ3n) is 4.95. The van der Waals surface area contributed by atoms with Crippen LogP contribution in [0.3, 0.4) is 0 Å². The zero-order chi connectivity index (χ0) is 22.1. The highest BCUT2D eigenvalue weighted by Gasteiger charge is 2.36. The number of hydrogen-bond acceptors (Lipinski definition) is 5. The van der Waals surface area contributed by atoms with Gasteiger partial charge in [0.05, 0.1) is 16.1 Å². The molecule has 0 atom stereocenters. The summed E-state index contributed by atoms with van der Waals surface area (Å²) in [5.41, 5.74) is -1.14. The zero-order valence-electron chi connectivity index (χ0n) is 16.0. The average Bonchev–Trinajstić information content (AvgIpc) is 2.72. The molecule has 30 heavy (non-hydrogen) atoms. The molecule has 1 saturated heterocycles. The van der Waals surface area contributed by atoms with Crippen molar-refractivity contribution in [2.75, 3.05) is 31.1 Å². The van der Waals surface area contributed by atoms with Gasteiger partial charge in [-0.3, -0.25) is 19.7 Å². The third kappa shape index (κ3) is 4.27. The van der Waals surface area contributed by atoms with Gasteiger partial charge in [0.1, 0.15) is 5.69 Å². The van der Waals surface area contributed by atoms with Crippen molar-refractivity contribution in [1.29, 1.82) is 0 Å². The Kier molecular flexibility index (Phi) is 5.77. The molecule has 0 N–H and O–H groups in total. The largest absolute Gasteiger partial charge is 0.417 e. The van der Waals surface area contributed by atoms with Crippen LogP contribution in [0.2, 0.25) is 0 Å². The van der Waals surface area contributed by atoms with Gasteiger partial charge in [0.2, 0.25) is 0 Å². The predicted molar refractivity (Wildman–Crippen MR) is 103 cm³/mol. The molecule has 0 saturated carbocycles. The van der Waals surface area contributed by atoms with Crippen molar-refractivity contribution in [3.63, 3.8) is 0 Å². The second-order valence-corrected chi connectivity index (χ2v) is 6.84. The van der Waals surface area contributed by atoms with Crippen molar-refractivity contribution in [3.05, 3.63) is 69.3 Å². The number of piperazine rings is 1. The Balaban J connectivity index is 1.78. The van der Waals surface area contributed by atoms with E-state index >= 15 is 0 Å². The summed E-state index contributed by atoms with van der Waals surface area (Å²) in [6.07, 6.45) is -4.65. The average molecular weight is 421 g/mol. The minimum atomic E-state index is -4.65. The van der Waals surface area contributed by atoms with Crippen LogP contribution in [-0.2, 0) is 6.18 Å². The molecule has 0 aromatic heterocycles. The highest BCUT2D eigenvalue weighted by atomic mass is 19.4. The van der Waals surface area contributed by atoms with Crippen molar-refractivity contribution in [1.82, 2.24) is 4.90 Å². The molecule has 2 aromatic rings. The molecule has 1 aliphatic heterocycles. The number of nitro benzene ring substituents is 1. The fourth-order valence-corrected chi connectivity index (χ4v) is 3.39. The van der Waals surface area contributed by atoms with Gasteiger partial charge in [-0.25, -0.2) is 0 Å². The smallest absolute Gasteiger partial charge is 0.362 e. The van der Waals surface area contributed by atoms with E-state index in [9.17, 15) is 32.9 Å². The normalized spacial score (nSPS) is 14.5. The quantitative estimate of drug-likeness (QED) is 0.426. The highest BCUT2D eigenvalue weighted by Crippen LogP contribution is 2.33. The molecule has 1 heterocycles. The van der Waals surface area contributed by atoms with Crippen LogP contribution in [-0.4, -0.2) is 47.7 Å². The number of benzene rings is 2. The summed E-state index contributed by atoms with van der Waals surface area (Å²) in [5.74, 6) is -1.03. The van der Waals surface area contributed by atoms with Crippen LogP contribution in [0.5, 0.6) is 0 Å². The number of hydrogen-bond donors (Lipinski definition) is 0. The molecule has 0 unspecified atom stereocenters. The molecule has 0 radical (unpaired) electrons. The van der Waals surface area contributed by atoms with Crippen molar-refractivity contribution < 1.29 is 27.7 Å². The number of ketones is 1. The van der Waals surface area contributed by atoms with E-state index in [1.54, 1.807) is 4.90 Å². The fraction of sp³-hybridized carbons (Fsp3) is 0.300. The fourth-order valence-electron chi connectivity index (χ4n) is 3.39. The van der Waals surface area contributed by atoms with Gasteiger partial charge >= 0.3 is 6.18 Å². The van der Waals surface area contributed by atoms with Gasteiger partial charge in [0.15, 0.2) is 5.78 Å². The number of halogens is 3. The summed E-state index contributed by atoms with van der Waals surface area (Å²) >= 11 is 0. The van der Waals surface area contributed by atoms with Crippen LogP contribution in [0.15, 0.2) is 42.5 Å². The van der Waals surface area contributed by atoms with E-state index in [1.807, 2.05) is 0 Å². The number of nitro groups is 1. The summed E-state index contributed by atoms with van der Waals surface area (Å²) < 4.78 is 39.6. The molecule has 3 rings (SSSR count). The van der Waals surface area contributed by atoms with Crippen LogP contribution in [0, 0.1) is 10.1 Å². The van der Waals surface area contributed by atoms with E-state index in [-0.39, 0.29) is 43.2 Å². The maximum absolute atomic E-state index is 13.2. The first-order chi connectivity index (χ1) is 14.1. The Morgan fingerprint density at radius 2 is 1.67 bits per heavy atom. The number of anilines is 1. The lowest BCUT2D eigenvalue weighted by molar-refractivity contribution is -0.384. The van der Waals surface area contributed by atoms with Crippen LogP contribution in [0.25, 0.3) is 0 Å². The lowest BCUT2D eigenvalue weighted by Gasteiger charge is -2.36. The van der Waals surface area contributed by atoms with E-state index < -0.39 is 28.1 Å².